The molecule has 0 unspecified atom stereocenters. The van der Waals surface area contributed by atoms with Gasteiger partial charge in [0.05, 0.1) is 43.4 Å². The van der Waals surface area contributed by atoms with Crippen LogP contribution in [-0.4, -0.2) is 67.1 Å². The maximum absolute atomic E-state index is 12.1. The van der Waals surface area contributed by atoms with E-state index in [-0.39, 0.29) is 18.1 Å². The van der Waals surface area contributed by atoms with Crippen LogP contribution in [0.5, 0.6) is 5.88 Å². The minimum absolute atomic E-state index is 0.0584. The van der Waals surface area contributed by atoms with E-state index in [1.165, 1.54) is 12.1 Å². The molecule has 3 aromatic carbocycles. The van der Waals surface area contributed by atoms with Crippen molar-refractivity contribution in [3.05, 3.63) is 84.4 Å². The van der Waals surface area contributed by atoms with Crippen LogP contribution in [0, 0.1) is 6.92 Å². The third kappa shape index (κ3) is 8.24. The SMILES string of the molecule is Cc1ccc(S(=O)(=O)OCCOCCOCCOc2ccc3cc(-c4ccc(N(C)C)cc4)ccc3n2)cc1. The van der Waals surface area contributed by atoms with E-state index in [0.29, 0.717) is 32.3 Å². The molecule has 1 heterocycles. The molecule has 0 aliphatic heterocycles. The highest BCUT2D eigenvalue weighted by Gasteiger charge is 2.14. The van der Waals surface area contributed by atoms with Gasteiger partial charge in [0.2, 0.25) is 5.88 Å². The first kappa shape index (κ1) is 28.5. The molecule has 206 valence electrons. The number of nitrogens with zero attached hydrogens (tertiary/aromatic N) is 2. The predicted molar refractivity (Wildman–Crippen MR) is 153 cm³/mol. The van der Waals surface area contributed by atoms with E-state index in [0.717, 1.165) is 33.3 Å². The largest absolute Gasteiger partial charge is 0.475 e. The molecule has 8 nitrogen and oxygen atoms in total. The van der Waals surface area contributed by atoms with Crippen LogP contribution in [0.15, 0.2) is 83.8 Å². The van der Waals surface area contributed by atoms with E-state index >= 15 is 0 Å². The average Bonchev–Trinajstić information content (AvgIpc) is 2.94. The third-order valence-corrected chi connectivity index (χ3v) is 7.33. The van der Waals surface area contributed by atoms with Gasteiger partial charge < -0.3 is 19.1 Å². The van der Waals surface area contributed by atoms with Gasteiger partial charge in [-0.05, 0) is 60.5 Å². The second kappa shape index (κ2) is 13.5. The van der Waals surface area contributed by atoms with Gasteiger partial charge in [-0.3, -0.25) is 4.18 Å². The first-order chi connectivity index (χ1) is 18.8. The number of anilines is 1. The highest BCUT2D eigenvalue weighted by Crippen LogP contribution is 2.26. The van der Waals surface area contributed by atoms with Gasteiger partial charge in [-0.1, -0.05) is 35.9 Å². The number of benzene rings is 3. The van der Waals surface area contributed by atoms with Crippen molar-refractivity contribution in [2.45, 2.75) is 11.8 Å². The molecule has 0 saturated carbocycles. The maximum atomic E-state index is 12.1. The molecular formula is C30H34N2O6S. The first-order valence-electron chi connectivity index (χ1n) is 12.7. The number of rotatable bonds is 14. The summed E-state index contributed by atoms with van der Waals surface area (Å²) < 4.78 is 45.9. The van der Waals surface area contributed by atoms with Gasteiger partial charge in [0.25, 0.3) is 10.1 Å². The van der Waals surface area contributed by atoms with Crippen LogP contribution in [0.2, 0.25) is 0 Å². The van der Waals surface area contributed by atoms with Gasteiger partial charge >= 0.3 is 0 Å². The second-order valence-electron chi connectivity index (χ2n) is 9.16. The summed E-state index contributed by atoms with van der Waals surface area (Å²) >= 11 is 0. The zero-order valence-electron chi connectivity index (χ0n) is 22.5. The van der Waals surface area contributed by atoms with Crippen LogP contribution >= 0.6 is 0 Å². The molecular weight excluding hydrogens is 516 g/mol. The summed E-state index contributed by atoms with van der Waals surface area (Å²) in [5.41, 5.74) is 5.30. The van der Waals surface area contributed by atoms with E-state index in [1.807, 2.05) is 39.2 Å². The van der Waals surface area contributed by atoms with Crippen molar-refractivity contribution in [1.29, 1.82) is 0 Å². The predicted octanol–water partition coefficient (Wildman–Crippen LogP) is 5.09. The second-order valence-corrected chi connectivity index (χ2v) is 10.8. The summed E-state index contributed by atoms with van der Waals surface area (Å²) in [4.78, 5) is 6.80. The van der Waals surface area contributed by atoms with E-state index in [2.05, 4.69) is 46.3 Å². The summed E-state index contributed by atoms with van der Waals surface area (Å²) in [5.74, 6) is 0.539. The van der Waals surface area contributed by atoms with Gasteiger partial charge in [-0.15, -0.1) is 0 Å². The topological polar surface area (TPSA) is 87.2 Å². The Kier molecular flexibility index (Phi) is 9.89. The first-order valence-corrected chi connectivity index (χ1v) is 14.2. The Hall–Kier alpha value is -3.50. The molecule has 4 aromatic rings. The van der Waals surface area contributed by atoms with Gasteiger partial charge in [-0.2, -0.15) is 8.42 Å². The van der Waals surface area contributed by atoms with E-state index < -0.39 is 10.1 Å². The van der Waals surface area contributed by atoms with Crippen molar-refractivity contribution >= 4 is 26.7 Å². The Morgan fingerprint density at radius 2 is 1.36 bits per heavy atom. The number of pyridine rings is 1. The van der Waals surface area contributed by atoms with Crippen LogP contribution in [0.25, 0.3) is 22.0 Å². The molecule has 0 spiro atoms. The van der Waals surface area contributed by atoms with Gasteiger partial charge in [0.1, 0.15) is 6.61 Å². The molecule has 0 aliphatic rings. The molecule has 0 atom stereocenters. The highest BCUT2D eigenvalue weighted by atomic mass is 32.2. The summed E-state index contributed by atoms with van der Waals surface area (Å²) in [6.07, 6.45) is 0. The summed E-state index contributed by atoms with van der Waals surface area (Å²) in [7, 11) is 0.281. The lowest BCUT2D eigenvalue weighted by atomic mass is 10.0. The molecule has 39 heavy (non-hydrogen) atoms. The minimum Gasteiger partial charge on any atom is -0.475 e. The summed E-state index contributed by atoms with van der Waals surface area (Å²) in [6.45, 7) is 3.39. The van der Waals surface area contributed by atoms with Crippen molar-refractivity contribution in [1.82, 2.24) is 4.98 Å². The zero-order valence-corrected chi connectivity index (χ0v) is 23.3. The van der Waals surface area contributed by atoms with Crippen molar-refractivity contribution in [2.75, 3.05) is 58.6 Å². The highest BCUT2D eigenvalue weighted by molar-refractivity contribution is 7.86. The molecule has 0 N–H and O–H groups in total. The molecule has 9 heteroatoms. The van der Waals surface area contributed by atoms with Gasteiger partial charge in [0, 0.05) is 31.2 Å². The monoisotopic (exact) mass is 550 g/mol. The van der Waals surface area contributed by atoms with Crippen molar-refractivity contribution in [3.63, 3.8) is 0 Å². The number of aryl methyl sites for hydroxylation is 1. The lowest BCUT2D eigenvalue weighted by Crippen LogP contribution is -2.15. The maximum Gasteiger partial charge on any atom is 0.297 e. The Morgan fingerprint density at radius 3 is 2.05 bits per heavy atom. The number of hydrogen-bond donors (Lipinski definition) is 0. The molecule has 0 fully saturated rings. The number of hydrogen-bond acceptors (Lipinski definition) is 8. The fourth-order valence-corrected chi connectivity index (χ4v) is 4.71. The lowest BCUT2D eigenvalue weighted by Gasteiger charge is -2.13. The van der Waals surface area contributed by atoms with Crippen LogP contribution in [0.4, 0.5) is 5.69 Å². The Labute approximate surface area is 230 Å². The molecule has 0 saturated heterocycles. The van der Waals surface area contributed by atoms with E-state index in [1.54, 1.807) is 12.1 Å². The summed E-state index contributed by atoms with van der Waals surface area (Å²) in [5, 5.41) is 1.04. The smallest absolute Gasteiger partial charge is 0.297 e. The number of ether oxygens (including phenoxy) is 3. The van der Waals surface area contributed by atoms with Crippen molar-refractivity contribution < 1.29 is 26.8 Å². The van der Waals surface area contributed by atoms with E-state index in [9.17, 15) is 8.42 Å². The Morgan fingerprint density at radius 1 is 0.718 bits per heavy atom. The number of aromatic nitrogens is 1. The fourth-order valence-electron chi connectivity index (χ4n) is 3.82. The van der Waals surface area contributed by atoms with Crippen LogP contribution in [0.3, 0.4) is 0 Å². The average molecular weight is 551 g/mol. The Balaban J connectivity index is 1.12. The van der Waals surface area contributed by atoms with Crippen molar-refractivity contribution in [2.24, 2.45) is 0 Å². The molecule has 4 rings (SSSR count). The van der Waals surface area contributed by atoms with Crippen LogP contribution < -0.4 is 9.64 Å². The molecule has 0 aliphatic carbocycles. The molecule has 0 bridgehead atoms. The summed E-state index contributed by atoms with van der Waals surface area (Å²) in [6, 6.07) is 25.0. The van der Waals surface area contributed by atoms with Crippen molar-refractivity contribution in [3.8, 4) is 17.0 Å². The minimum atomic E-state index is -3.78. The quantitative estimate of drug-likeness (QED) is 0.158. The van der Waals surface area contributed by atoms with Crippen LogP contribution in [0.1, 0.15) is 5.56 Å². The third-order valence-electron chi connectivity index (χ3n) is 6.01. The Bertz CT molecular complexity index is 1460. The zero-order chi connectivity index (χ0) is 27.7. The van der Waals surface area contributed by atoms with Gasteiger partial charge in [0.15, 0.2) is 0 Å². The molecule has 0 amide bonds. The lowest BCUT2D eigenvalue weighted by molar-refractivity contribution is 0.0275. The molecule has 0 radical (unpaired) electrons. The number of fused-ring (bicyclic) bond motifs is 1. The standard InChI is InChI=1S/C30H34N2O6S/c1-23-4-12-28(13-5-23)39(33,34)38-21-19-36-17-16-35-18-20-37-30-15-9-26-22-25(8-14-29(26)31-30)24-6-10-27(11-7-24)32(2)3/h4-15,22H,16-21H2,1-3H3. The van der Waals surface area contributed by atoms with E-state index in [4.69, 9.17) is 18.4 Å². The van der Waals surface area contributed by atoms with Gasteiger partial charge in [-0.25, -0.2) is 4.98 Å². The van der Waals surface area contributed by atoms with Crippen LogP contribution in [-0.2, 0) is 23.8 Å². The fraction of sp³-hybridized carbons (Fsp3) is 0.300. The normalized spacial score (nSPS) is 11.6. The molecule has 1 aromatic heterocycles.